The summed E-state index contributed by atoms with van der Waals surface area (Å²) in [6, 6.07) is 14.7. The summed E-state index contributed by atoms with van der Waals surface area (Å²) < 4.78 is 5.55. The van der Waals surface area contributed by atoms with Gasteiger partial charge in [-0.05, 0) is 56.5 Å². The van der Waals surface area contributed by atoms with Crippen LogP contribution in [0.25, 0.3) is 0 Å². The van der Waals surface area contributed by atoms with E-state index in [1.807, 2.05) is 76.2 Å². The largest absolute Gasteiger partial charge is 0.444 e. The zero-order valence-electron chi connectivity index (χ0n) is 16.5. The number of likely N-dealkylation sites (N-methyl/N-ethyl adjacent to an activating group) is 1. The van der Waals surface area contributed by atoms with Gasteiger partial charge in [0, 0.05) is 12.7 Å². The maximum absolute atomic E-state index is 13.4. The molecule has 0 aliphatic carbocycles. The highest BCUT2D eigenvalue weighted by Crippen LogP contribution is 2.36. The first kappa shape index (κ1) is 19.0. The summed E-state index contributed by atoms with van der Waals surface area (Å²) in [6.45, 7) is 7.82. The van der Waals surface area contributed by atoms with E-state index in [-0.39, 0.29) is 5.91 Å². The number of hydrogen-bond acceptors (Lipinski definition) is 3. The molecule has 2 aromatic rings. The number of hydrogen-bond donors (Lipinski definition) is 0. The number of anilines is 1. The number of amides is 2. The highest BCUT2D eigenvalue weighted by Gasteiger charge is 2.41. The van der Waals surface area contributed by atoms with Crippen molar-refractivity contribution in [1.29, 1.82) is 0 Å². The second kappa shape index (κ2) is 7.06. The summed E-state index contributed by atoms with van der Waals surface area (Å²) in [7, 11) is 1.74. The molecular formula is C22H26N2O3. The Hall–Kier alpha value is -2.82. The summed E-state index contributed by atoms with van der Waals surface area (Å²) in [4.78, 5) is 29.3. The third kappa shape index (κ3) is 3.97. The van der Waals surface area contributed by atoms with Crippen LogP contribution in [-0.2, 0) is 16.1 Å². The van der Waals surface area contributed by atoms with Crippen molar-refractivity contribution in [2.45, 2.75) is 45.9 Å². The van der Waals surface area contributed by atoms with Gasteiger partial charge in [0.2, 0.25) is 0 Å². The van der Waals surface area contributed by atoms with Gasteiger partial charge in [-0.2, -0.15) is 0 Å². The predicted octanol–water partition coefficient (Wildman–Crippen LogP) is 4.45. The summed E-state index contributed by atoms with van der Waals surface area (Å²) in [5.41, 5.74) is 3.07. The third-order valence-corrected chi connectivity index (χ3v) is 4.58. The fourth-order valence-electron chi connectivity index (χ4n) is 3.29. The average molecular weight is 366 g/mol. The van der Waals surface area contributed by atoms with E-state index in [0.717, 1.165) is 22.4 Å². The van der Waals surface area contributed by atoms with Gasteiger partial charge in [0.25, 0.3) is 5.91 Å². The number of ether oxygens (including phenoxy) is 1. The molecular weight excluding hydrogens is 340 g/mol. The molecule has 0 saturated heterocycles. The standard InChI is InChI=1S/C22H26N2O3/c1-15-9-8-11-17(13-15)23(5)20(25)19-18-12-7-6-10-16(18)14-24(19)21(26)27-22(2,3)4/h6-13,19H,14H2,1-5H3. The van der Waals surface area contributed by atoms with Gasteiger partial charge < -0.3 is 9.64 Å². The van der Waals surface area contributed by atoms with Crippen molar-refractivity contribution in [2.75, 3.05) is 11.9 Å². The Morgan fingerprint density at radius 2 is 1.81 bits per heavy atom. The second-order valence-corrected chi connectivity index (χ2v) is 7.95. The molecule has 0 saturated carbocycles. The summed E-state index contributed by atoms with van der Waals surface area (Å²) in [5, 5.41) is 0. The van der Waals surface area contributed by atoms with Crippen LogP contribution in [0.4, 0.5) is 10.5 Å². The third-order valence-electron chi connectivity index (χ3n) is 4.58. The molecule has 0 radical (unpaired) electrons. The Morgan fingerprint density at radius 3 is 2.48 bits per heavy atom. The number of benzene rings is 2. The quantitative estimate of drug-likeness (QED) is 0.789. The Labute approximate surface area is 160 Å². The SMILES string of the molecule is Cc1cccc(N(C)C(=O)C2c3ccccc3CN2C(=O)OC(C)(C)C)c1. The van der Waals surface area contributed by atoms with Crippen LogP contribution in [0.15, 0.2) is 48.5 Å². The van der Waals surface area contributed by atoms with Crippen LogP contribution in [0.1, 0.15) is 43.5 Å². The molecule has 1 atom stereocenters. The van der Waals surface area contributed by atoms with Crippen molar-refractivity contribution < 1.29 is 14.3 Å². The molecule has 5 heteroatoms. The summed E-state index contributed by atoms with van der Waals surface area (Å²) in [6.07, 6.45) is -0.477. The normalized spacial score (nSPS) is 16.0. The van der Waals surface area contributed by atoms with E-state index >= 15 is 0 Å². The molecule has 1 unspecified atom stereocenters. The van der Waals surface area contributed by atoms with Crippen LogP contribution < -0.4 is 4.90 Å². The topological polar surface area (TPSA) is 49.9 Å². The molecule has 142 valence electrons. The number of rotatable bonds is 2. The van der Waals surface area contributed by atoms with Gasteiger partial charge in [-0.1, -0.05) is 36.4 Å². The van der Waals surface area contributed by atoms with Gasteiger partial charge >= 0.3 is 6.09 Å². The molecule has 0 spiro atoms. The first-order valence-corrected chi connectivity index (χ1v) is 9.09. The van der Waals surface area contributed by atoms with Crippen LogP contribution in [0.2, 0.25) is 0 Å². The van der Waals surface area contributed by atoms with Gasteiger partial charge in [-0.3, -0.25) is 9.69 Å². The minimum absolute atomic E-state index is 0.156. The minimum Gasteiger partial charge on any atom is -0.444 e. The van der Waals surface area contributed by atoms with Crippen molar-refractivity contribution >= 4 is 17.7 Å². The Kier molecular flexibility index (Phi) is 4.96. The van der Waals surface area contributed by atoms with E-state index in [9.17, 15) is 9.59 Å². The van der Waals surface area contributed by atoms with Crippen molar-refractivity contribution in [3.63, 3.8) is 0 Å². The maximum Gasteiger partial charge on any atom is 0.411 e. The summed E-state index contributed by atoms with van der Waals surface area (Å²) >= 11 is 0. The van der Waals surface area contributed by atoms with E-state index in [0.29, 0.717) is 6.54 Å². The molecule has 1 heterocycles. The lowest BCUT2D eigenvalue weighted by Crippen LogP contribution is -2.43. The van der Waals surface area contributed by atoms with Crippen molar-refractivity contribution in [2.24, 2.45) is 0 Å². The molecule has 0 N–H and O–H groups in total. The van der Waals surface area contributed by atoms with E-state index < -0.39 is 17.7 Å². The van der Waals surface area contributed by atoms with Crippen LogP contribution in [0.3, 0.4) is 0 Å². The number of aryl methyl sites for hydroxylation is 1. The van der Waals surface area contributed by atoms with E-state index in [2.05, 4.69) is 0 Å². The Morgan fingerprint density at radius 1 is 1.11 bits per heavy atom. The van der Waals surface area contributed by atoms with Crippen molar-refractivity contribution in [1.82, 2.24) is 4.90 Å². The highest BCUT2D eigenvalue weighted by atomic mass is 16.6. The van der Waals surface area contributed by atoms with Gasteiger partial charge in [0.1, 0.15) is 11.6 Å². The van der Waals surface area contributed by atoms with Crippen LogP contribution in [0, 0.1) is 6.92 Å². The molecule has 27 heavy (non-hydrogen) atoms. The van der Waals surface area contributed by atoms with Gasteiger partial charge in [0.05, 0.1) is 6.54 Å². The molecule has 1 aliphatic heterocycles. The Bertz CT molecular complexity index is 870. The number of carbonyl (C=O) groups is 2. The van der Waals surface area contributed by atoms with E-state index in [4.69, 9.17) is 4.74 Å². The average Bonchev–Trinajstić information content (AvgIpc) is 2.98. The lowest BCUT2D eigenvalue weighted by Gasteiger charge is -2.30. The predicted molar refractivity (Wildman–Crippen MR) is 106 cm³/mol. The van der Waals surface area contributed by atoms with Gasteiger partial charge in [-0.15, -0.1) is 0 Å². The maximum atomic E-state index is 13.4. The number of carbonyl (C=O) groups excluding carboxylic acids is 2. The summed E-state index contributed by atoms with van der Waals surface area (Å²) in [5.74, 6) is -0.156. The van der Waals surface area contributed by atoms with E-state index in [1.165, 1.54) is 4.90 Å². The van der Waals surface area contributed by atoms with Crippen LogP contribution in [-0.4, -0.2) is 29.5 Å². The lowest BCUT2D eigenvalue weighted by atomic mass is 10.0. The second-order valence-electron chi connectivity index (χ2n) is 7.95. The molecule has 1 aliphatic rings. The number of fused-ring (bicyclic) bond motifs is 1. The fourth-order valence-corrected chi connectivity index (χ4v) is 3.29. The first-order chi connectivity index (χ1) is 12.7. The van der Waals surface area contributed by atoms with Crippen molar-refractivity contribution in [3.05, 3.63) is 65.2 Å². The Balaban J connectivity index is 1.95. The fraction of sp³-hybridized carbons (Fsp3) is 0.364. The lowest BCUT2D eigenvalue weighted by molar-refractivity contribution is -0.123. The molecule has 0 bridgehead atoms. The molecule has 3 rings (SSSR count). The first-order valence-electron chi connectivity index (χ1n) is 9.09. The zero-order chi connectivity index (χ0) is 19.8. The van der Waals surface area contributed by atoms with Crippen LogP contribution >= 0.6 is 0 Å². The van der Waals surface area contributed by atoms with E-state index in [1.54, 1.807) is 11.9 Å². The van der Waals surface area contributed by atoms with Gasteiger partial charge in [0.15, 0.2) is 0 Å². The highest BCUT2D eigenvalue weighted by molar-refractivity contribution is 5.99. The number of nitrogens with zero attached hydrogens (tertiary/aromatic N) is 2. The molecule has 0 aromatic heterocycles. The molecule has 5 nitrogen and oxygen atoms in total. The molecule has 0 fully saturated rings. The van der Waals surface area contributed by atoms with Crippen LogP contribution in [0.5, 0.6) is 0 Å². The monoisotopic (exact) mass is 366 g/mol. The minimum atomic E-state index is -0.693. The molecule has 2 aromatic carbocycles. The zero-order valence-corrected chi connectivity index (χ0v) is 16.5. The smallest absolute Gasteiger partial charge is 0.411 e. The van der Waals surface area contributed by atoms with Crippen molar-refractivity contribution in [3.8, 4) is 0 Å². The molecule has 2 amide bonds. The van der Waals surface area contributed by atoms with Gasteiger partial charge in [-0.25, -0.2) is 4.79 Å².